The molecular weight excluding hydrogens is 256 g/mol. The van der Waals surface area contributed by atoms with Crippen molar-refractivity contribution in [1.82, 2.24) is 10.5 Å². The number of hydrogen-bond acceptors (Lipinski definition) is 4. The van der Waals surface area contributed by atoms with E-state index in [-0.39, 0.29) is 29.5 Å². The van der Waals surface area contributed by atoms with Crippen LogP contribution in [-0.2, 0) is 0 Å². The van der Waals surface area contributed by atoms with Crippen LogP contribution in [-0.4, -0.2) is 28.8 Å². The third-order valence-electron chi connectivity index (χ3n) is 3.22. The first kappa shape index (κ1) is 16.7. The largest absolute Gasteiger partial charge is 0.391 e. The number of carbonyl (C=O) groups is 1. The van der Waals surface area contributed by atoms with E-state index in [1.54, 1.807) is 6.07 Å². The lowest BCUT2D eigenvalue weighted by atomic mass is 9.89. The lowest BCUT2D eigenvalue weighted by molar-refractivity contribution is 0.0836. The number of aromatic nitrogens is 1. The van der Waals surface area contributed by atoms with Gasteiger partial charge in [0.25, 0.3) is 5.91 Å². The molecular formula is C15H26N2O3. The van der Waals surface area contributed by atoms with E-state index in [2.05, 4.69) is 17.4 Å². The third-order valence-corrected chi connectivity index (χ3v) is 3.22. The topological polar surface area (TPSA) is 75.4 Å². The minimum Gasteiger partial charge on any atom is -0.391 e. The zero-order valence-corrected chi connectivity index (χ0v) is 13.1. The minimum absolute atomic E-state index is 0.0279. The lowest BCUT2D eigenvalue weighted by Crippen LogP contribution is -2.34. The van der Waals surface area contributed by atoms with Crippen molar-refractivity contribution in [3.05, 3.63) is 17.5 Å². The monoisotopic (exact) mass is 282 g/mol. The molecule has 0 fully saturated rings. The highest BCUT2D eigenvalue weighted by atomic mass is 16.5. The van der Waals surface area contributed by atoms with E-state index in [0.717, 1.165) is 12.1 Å². The van der Waals surface area contributed by atoms with Crippen LogP contribution in [0.4, 0.5) is 0 Å². The minimum atomic E-state index is -0.559. The maximum absolute atomic E-state index is 11.9. The van der Waals surface area contributed by atoms with Crippen LogP contribution in [0.15, 0.2) is 10.6 Å². The van der Waals surface area contributed by atoms with Gasteiger partial charge in [0.15, 0.2) is 0 Å². The maximum atomic E-state index is 11.9. The normalized spacial score (nSPS) is 14.9. The molecule has 0 unspecified atom stereocenters. The molecule has 1 heterocycles. The van der Waals surface area contributed by atoms with Crippen molar-refractivity contribution >= 4 is 5.91 Å². The smallest absolute Gasteiger partial charge is 0.289 e. The average Bonchev–Trinajstić information content (AvgIpc) is 2.82. The highest BCUT2D eigenvalue weighted by molar-refractivity contribution is 5.91. The standard InChI is InChI=1S/C15H26N2O3/c1-6-10(2)12-7-13(20-17-12)14(19)16-9-11(18)8-15(3,4)5/h7,10-11,18H,6,8-9H2,1-5H3,(H,16,19)/t10-,11+/m0/s1. The predicted molar refractivity (Wildman–Crippen MR) is 77.6 cm³/mol. The second-order valence-corrected chi connectivity index (χ2v) is 6.55. The zero-order chi connectivity index (χ0) is 15.3. The molecule has 1 aromatic heterocycles. The fraction of sp³-hybridized carbons (Fsp3) is 0.733. The molecule has 0 aromatic carbocycles. The van der Waals surface area contributed by atoms with E-state index in [0.29, 0.717) is 6.42 Å². The Bertz CT molecular complexity index is 435. The molecule has 20 heavy (non-hydrogen) atoms. The van der Waals surface area contributed by atoms with Crippen molar-refractivity contribution < 1.29 is 14.4 Å². The molecule has 0 saturated heterocycles. The number of nitrogens with zero attached hydrogens (tertiary/aromatic N) is 1. The first-order valence-electron chi connectivity index (χ1n) is 7.15. The van der Waals surface area contributed by atoms with Crippen molar-refractivity contribution in [1.29, 1.82) is 0 Å². The van der Waals surface area contributed by atoms with Gasteiger partial charge in [-0.25, -0.2) is 0 Å². The average molecular weight is 282 g/mol. The number of amides is 1. The Hall–Kier alpha value is -1.36. The van der Waals surface area contributed by atoms with Gasteiger partial charge in [-0.1, -0.05) is 39.8 Å². The summed E-state index contributed by atoms with van der Waals surface area (Å²) in [6, 6.07) is 1.67. The third kappa shape index (κ3) is 5.33. The summed E-state index contributed by atoms with van der Waals surface area (Å²) in [7, 11) is 0. The Kier molecular flexibility index (Phi) is 5.74. The van der Waals surface area contributed by atoms with Crippen LogP contribution in [0.1, 0.15) is 69.6 Å². The Labute approximate surface area is 120 Å². The molecule has 0 radical (unpaired) electrons. The van der Waals surface area contributed by atoms with Crippen molar-refractivity contribution in [3.63, 3.8) is 0 Å². The molecule has 5 heteroatoms. The van der Waals surface area contributed by atoms with E-state index in [4.69, 9.17) is 4.52 Å². The summed E-state index contributed by atoms with van der Waals surface area (Å²) in [5, 5.41) is 16.4. The van der Waals surface area contributed by atoms with Gasteiger partial charge in [0.1, 0.15) is 0 Å². The van der Waals surface area contributed by atoms with Gasteiger partial charge in [-0.05, 0) is 18.3 Å². The summed E-state index contributed by atoms with van der Waals surface area (Å²) < 4.78 is 5.04. The van der Waals surface area contributed by atoms with Crippen LogP contribution in [0.2, 0.25) is 0 Å². The van der Waals surface area contributed by atoms with Crippen molar-refractivity contribution in [2.24, 2.45) is 5.41 Å². The molecule has 0 bridgehead atoms. The predicted octanol–water partition coefficient (Wildman–Crippen LogP) is 2.72. The molecule has 0 saturated carbocycles. The number of aliphatic hydroxyl groups is 1. The van der Waals surface area contributed by atoms with Gasteiger partial charge >= 0.3 is 0 Å². The molecule has 5 nitrogen and oxygen atoms in total. The van der Waals surface area contributed by atoms with E-state index in [1.807, 2.05) is 27.7 Å². The number of hydrogen-bond donors (Lipinski definition) is 2. The quantitative estimate of drug-likeness (QED) is 0.841. The Balaban J connectivity index is 2.49. The van der Waals surface area contributed by atoms with E-state index in [9.17, 15) is 9.90 Å². The Morgan fingerprint density at radius 1 is 1.50 bits per heavy atom. The molecule has 0 aliphatic carbocycles. The molecule has 0 aliphatic rings. The van der Waals surface area contributed by atoms with Crippen LogP contribution < -0.4 is 5.32 Å². The molecule has 2 N–H and O–H groups in total. The summed E-state index contributed by atoms with van der Waals surface area (Å²) in [5.41, 5.74) is 0.813. The molecule has 2 atom stereocenters. The van der Waals surface area contributed by atoms with Gasteiger partial charge in [0.05, 0.1) is 11.8 Å². The Morgan fingerprint density at radius 2 is 2.15 bits per heavy atom. The van der Waals surface area contributed by atoms with E-state index >= 15 is 0 Å². The van der Waals surface area contributed by atoms with Gasteiger partial charge < -0.3 is 14.9 Å². The summed E-state index contributed by atoms with van der Waals surface area (Å²) in [6.07, 6.45) is 1.01. The second kappa shape index (κ2) is 6.88. The van der Waals surface area contributed by atoms with Crippen molar-refractivity contribution in [3.8, 4) is 0 Å². The number of rotatable bonds is 6. The second-order valence-electron chi connectivity index (χ2n) is 6.55. The van der Waals surface area contributed by atoms with Crippen LogP contribution in [0.25, 0.3) is 0 Å². The summed E-state index contributed by atoms with van der Waals surface area (Å²) in [6.45, 7) is 10.5. The molecule has 1 rings (SSSR count). The zero-order valence-electron chi connectivity index (χ0n) is 13.1. The number of nitrogens with one attached hydrogen (secondary N) is 1. The van der Waals surface area contributed by atoms with Crippen molar-refractivity contribution in [2.75, 3.05) is 6.54 Å². The molecule has 1 amide bonds. The lowest BCUT2D eigenvalue weighted by Gasteiger charge is -2.22. The molecule has 0 aliphatic heterocycles. The SMILES string of the molecule is CC[C@H](C)c1cc(C(=O)NC[C@H](O)CC(C)(C)C)on1. The molecule has 1 aromatic rings. The summed E-state index contributed by atoms with van der Waals surface area (Å²) in [4.78, 5) is 11.9. The number of carbonyl (C=O) groups excluding carboxylic acids is 1. The summed E-state index contributed by atoms with van der Waals surface area (Å²) >= 11 is 0. The first-order valence-corrected chi connectivity index (χ1v) is 7.15. The van der Waals surface area contributed by atoms with Crippen LogP contribution >= 0.6 is 0 Å². The maximum Gasteiger partial charge on any atom is 0.289 e. The summed E-state index contributed by atoms with van der Waals surface area (Å²) in [5.74, 6) is 0.134. The van der Waals surface area contributed by atoms with Gasteiger partial charge in [-0.15, -0.1) is 0 Å². The van der Waals surface area contributed by atoms with E-state index < -0.39 is 6.10 Å². The highest BCUT2D eigenvalue weighted by Gasteiger charge is 2.19. The van der Waals surface area contributed by atoms with Crippen LogP contribution in [0.5, 0.6) is 0 Å². The molecule has 114 valence electrons. The van der Waals surface area contributed by atoms with Gasteiger partial charge in [-0.2, -0.15) is 0 Å². The fourth-order valence-electron chi connectivity index (χ4n) is 1.91. The van der Waals surface area contributed by atoms with Gasteiger partial charge in [-0.3, -0.25) is 4.79 Å². The van der Waals surface area contributed by atoms with Crippen LogP contribution in [0, 0.1) is 5.41 Å². The molecule has 0 spiro atoms. The first-order chi connectivity index (χ1) is 9.23. The Morgan fingerprint density at radius 3 is 2.70 bits per heavy atom. The highest BCUT2D eigenvalue weighted by Crippen LogP contribution is 2.20. The number of aliphatic hydroxyl groups excluding tert-OH is 1. The van der Waals surface area contributed by atoms with Crippen molar-refractivity contribution in [2.45, 2.75) is 59.5 Å². The van der Waals surface area contributed by atoms with Gasteiger partial charge in [0.2, 0.25) is 5.76 Å². The van der Waals surface area contributed by atoms with Gasteiger partial charge in [0, 0.05) is 18.5 Å². The van der Waals surface area contributed by atoms with E-state index in [1.165, 1.54) is 0 Å². The van der Waals surface area contributed by atoms with Crippen LogP contribution in [0.3, 0.4) is 0 Å². The fourth-order valence-corrected chi connectivity index (χ4v) is 1.91.